The van der Waals surface area contributed by atoms with Crippen LogP contribution in [-0.4, -0.2) is 46.7 Å². The average Bonchev–Trinajstić information content (AvgIpc) is 2.98. The summed E-state index contributed by atoms with van der Waals surface area (Å²) in [6, 6.07) is 8.13. The zero-order chi connectivity index (χ0) is 17.1. The maximum atomic E-state index is 11.4. The number of likely N-dealkylation sites (tertiary alicyclic amines) is 1. The molecule has 1 aliphatic heterocycles. The molecule has 1 saturated heterocycles. The molecular formula is C18H21N3O3. The lowest BCUT2D eigenvalue weighted by Crippen LogP contribution is -2.40. The number of esters is 1. The maximum Gasteiger partial charge on any atom is 0.334 e. The number of methoxy groups -OCH3 is 1. The Bertz CT molecular complexity index is 769. The largest absolute Gasteiger partial charge is 0.467 e. The fourth-order valence-electron chi connectivity index (χ4n) is 3.41. The topological polar surface area (TPSA) is 78.0 Å². The molecule has 0 saturated carbocycles. The summed E-state index contributed by atoms with van der Waals surface area (Å²) in [5.74, 6) is -0.615. The summed E-state index contributed by atoms with van der Waals surface area (Å²) >= 11 is 0. The summed E-state index contributed by atoms with van der Waals surface area (Å²) in [5.41, 5.74) is 2.65. The normalized spacial score (nSPS) is 17.5. The average molecular weight is 327 g/mol. The Morgan fingerprint density at radius 2 is 2.21 bits per heavy atom. The first-order chi connectivity index (χ1) is 11.6. The van der Waals surface area contributed by atoms with Gasteiger partial charge < -0.3 is 14.2 Å². The monoisotopic (exact) mass is 327 g/mol. The first kappa shape index (κ1) is 16.5. The van der Waals surface area contributed by atoms with Gasteiger partial charge in [-0.2, -0.15) is 5.26 Å². The third-order valence-corrected chi connectivity index (χ3v) is 4.79. The minimum absolute atomic E-state index is 0.0581. The number of fused-ring (bicyclic) bond motifs is 1. The third kappa shape index (κ3) is 3.14. The van der Waals surface area contributed by atoms with E-state index in [9.17, 15) is 15.2 Å². The van der Waals surface area contributed by atoms with Crippen molar-refractivity contribution < 1.29 is 14.6 Å². The fraction of sp³-hybridized carbons (Fsp3) is 0.444. The Morgan fingerprint density at radius 3 is 2.88 bits per heavy atom. The zero-order valence-corrected chi connectivity index (χ0v) is 13.7. The Hall–Kier alpha value is -2.36. The van der Waals surface area contributed by atoms with E-state index in [2.05, 4.69) is 15.7 Å². The molecule has 126 valence electrons. The van der Waals surface area contributed by atoms with Gasteiger partial charge in [-0.3, -0.25) is 4.90 Å². The molecule has 6 heteroatoms. The standard InChI is InChI=1S/C18H21N3O3/c1-24-18(23)17(22)13-5-8-20(9-6-13)11-14-12-21-7-3-2-4-16(21)15(14)10-19/h2-4,7,12-13,17,22H,5-6,8-9,11H2,1H3. The molecule has 0 aromatic carbocycles. The molecule has 0 radical (unpaired) electrons. The summed E-state index contributed by atoms with van der Waals surface area (Å²) in [7, 11) is 1.29. The van der Waals surface area contributed by atoms with Crippen molar-refractivity contribution >= 4 is 11.5 Å². The lowest BCUT2D eigenvalue weighted by Gasteiger charge is -2.33. The van der Waals surface area contributed by atoms with E-state index in [1.165, 1.54) is 7.11 Å². The second-order valence-corrected chi connectivity index (χ2v) is 6.22. The predicted molar refractivity (Wildman–Crippen MR) is 88.1 cm³/mol. The van der Waals surface area contributed by atoms with Crippen molar-refractivity contribution in [3.05, 3.63) is 41.7 Å². The van der Waals surface area contributed by atoms with Gasteiger partial charge in [-0.25, -0.2) is 4.79 Å². The highest BCUT2D eigenvalue weighted by molar-refractivity contribution is 5.74. The number of hydrogen-bond donors (Lipinski definition) is 1. The van der Waals surface area contributed by atoms with Gasteiger partial charge in [0.25, 0.3) is 0 Å². The molecule has 6 nitrogen and oxygen atoms in total. The van der Waals surface area contributed by atoms with Crippen LogP contribution in [0, 0.1) is 17.2 Å². The second kappa shape index (κ2) is 7.04. The van der Waals surface area contributed by atoms with Crippen LogP contribution in [0.1, 0.15) is 24.0 Å². The number of carbonyl (C=O) groups is 1. The van der Waals surface area contributed by atoms with Crippen molar-refractivity contribution in [1.82, 2.24) is 9.30 Å². The number of aliphatic hydroxyl groups excluding tert-OH is 1. The van der Waals surface area contributed by atoms with E-state index in [0.717, 1.165) is 37.0 Å². The SMILES string of the molecule is COC(=O)C(O)C1CCN(Cc2cn3ccccc3c2C#N)CC1. The molecule has 24 heavy (non-hydrogen) atoms. The van der Waals surface area contributed by atoms with Gasteiger partial charge in [0.15, 0.2) is 6.10 Å². The van der Waals surface area contributed by atoms with Gasteiger partial charge in [0.05, 0.1) is 18.2 Å². The van der Waals surface area contributed by atoms with E-state index < -0.39 is 12.1 Å². The quantitative estimate of drug-likeness (QED) is 0.862. The van der Waals surface area contributed by atoms with E-state index in [-0.39, 0.29) is 5.92 Å². The van der Waals surface area contributed by atoms with E-state index in [0.29, 0.717) is 12.1 Å². The fourth-order valence-corrected chi connectivity index (χ4v) is 3.41. The Kier molecular flexibility index (Phi) is 4.84. The van der Waals surface area contributed by atoms with Crippen LogP contribution < -0.4 is 0 Å². The molecular weight excluding hydrogens is 306 g/mol. The van der Waals surface area contributed by atoms with Crippen LogP contribution in [0.3, 0.4) is 0 Å². The van der Waals surface area contributed by atoms with Crippen molar-refractivity contribution in [1.29, 1.82) is 5.26 Å². The predicted octanol–water partition coefficient (Wildman–Crippen LogP) is 1.56. The number of aliphatic hydroxyl groups is 1. The highest BCUT2D eigenvalue weighted by atomic mass is 16.5. The molecule has 1 N–H and O–H groups in total. The highest BCUT2D eigenvalue weighted by Crippen LogP contribution is 2.25. The van der Waals surface area contributed by atoms with Crippen LogP contribution in [-0.2, 0) is 16.1 Å². The number of nitriles is 1. The first-order valence-corrected chi connectivity index (χ1v) is 8.11. The van der Waals surface area contributed by atoms with Crippen LogP contribution in [0.25, 0.3) is 5.52 Å². The summed E-state index contributed by atoms with van der Waals surface area (Å²) < 4.78 is 6.58. The van der Waals surface area contributed by atoms with Crippen LogP contribution in [0.2, 0.25) is 0 Å². The lowest BCUT2D eigenvalue weighted by atomic mass is 9.91. The summed E-state index contributed by atoms with van der Waals surface area (Å²) in [5, 5.41) is 19.4. The van der Waals surface area contributed by atoms with Crippen LogP contribution in [0.5, 0.6) is 0 Å². The van der Waals surface area contributed by atoms with Gasteiger partial charge in [0.2, 0.25) is 0 Å². The summed E-state index contributed by atoms with van der Waals surface area (Å²) in [6.07, 6.45) is 4.39. The van der Waals surface area contributed by atoms with E-state index >= 15 is 0 Å². The van der Waals surface area contributed by atoms with Crippen molar-refractivity contribution in [3.8, 4) is 6.07 Å². The summed E-state index contributed by atoms with van der Waals surface area (Å²) in [6.45, 7) is 2.27. The highest BCUT2D eigenvalue weighted by Gasteiger charge is 2.30. The van der Waals surface area contributed by atoms with Gasteiger partial charge in [0.1, 0.15) is 6.07 Å². The number of rotatable bonds is 4. The van der Waals surface area contributed by atoms with Crippen molar-refractivity contribution in [2.24, 2.45) is 5.92 Å². The Morgan fingerprint density at radius 1 is 1.46 bits per heavy atom. The van der Waals surface area contributed by atoms with E-state index in [1.54, 1.807) is 0 Å². The molecule has 3 rings (SSSR count). The van der Waals surface area contributed by atoms with Crippen LogP contribution in [0.4, 0.5) is 0 Å². The van der Waals surface area contributed by atoms with E-state index in [1.807, 2.05) is 35.0 Å². The molecule has 1 atom stereocenters. The molecule has 2 aromatic rings. The number of pyridine rings is 1. The molecule has 1 aliphatic rings. The number of piperidine rings is 1. The minimum atomic E-state index is -1.04. The van der Waals surface area contributed by atoms with Gasteiger partial charge in [0, 0.05) is 24.5 Å². The maximum absolute atomic E-state index is 11.4. The zero-order valence-electron chi connectivity index (χ0n) is 13.7. The number of hydrogen-bond acceptors (Lipinski definition) is 5. The lowest BCUT2D eigenvalue weighted by molar-refractivity contribution is -0.154. The third-order valence-electron chi connectivity index (χ3n) is 4.79. The summed E-state index contributed by atoms with van der Waals surface area (Å²) in [4.78, 5) is 13.7. The van der Waals surface area contributed by atoms with Crippen molar-refractivity contribution in [2.45, 2.75) is 25.5 Å². The number of carbonyl (C=O) groups excluding carboxylic acids is 1. The Balaban J connectivity index is 1.67. The van der Waals surface area contributed by atoms with Crippen molar-refractivity contribution in [2.75, 3.05) is 20.2 Å². The molecule has 1 unspecified atom stereocenters. The van der Waals surface area contributed by atoms with Gasteiger partial charge in [-0.1, -0.05) is 6.07 Å². The van der Waals surface area contributed by atoms with Crippen LogP contribution >= 0.6 is 0 Å². The second-order valence-electron chi connectivity index (χ2n) is 6.22. The Labute approximate surface area is 140 Å². The molecule has 2 aromatic heterocycles. The van der Waals surface area contributed by atoms with Gasteiger partial charge >= 0.3 is 5.97 Å². The van der Waals surface area contributed by atoms with Gasteiger partial charge in [-0.05, 0) is 44.0 Å². The number of nitrogens with zero attached hydrogens (tertiary/aromatic N) is 3. The molecule has 1 fully saturated rings. The van der Waals surface area contributed by atoms with Crippen LogP contribution in [0.15, 0.2) is 30.6 Å². The number of aromatic nitrogens is 1. The van der Waals surface area contributed by atoms with Gasteiger partial charge in [-0.15, -0.1) is 0 Å². The molecule has 3 heterocycles. The van der Waals surface area contributed by atoms with E-state index in [4.69, 9.17) is 0 Å². The van der Waals surface area contributed by atoms with Crippen molar-refractivity contribution in [3.63, 3.8) is 0 Å². The number of ether oxygens (including phenoxy) is 1. The molecule has 0 aliphatic carbocycles. The molecule has 0 amide bonds. The minimum Gasteiger partial charge on any atom is -0.467 e. The first-order valence-electron chi connectivity index (χ1n) is 8.11. The molecule has 0 bridgehead atoms. The smallest absolute Gasteiger partial charge is 0.334 e. The molecule has 0 spiro atoms.